The predicted molar refractivity (Wildman–Crippen MR) is 90.2 cm³/mol. The molecule has 0 saturated heterocycles. The number of rotatable bonds is 2. The molecule has 0 unspecified atom stereocenters. The molecule has 0 aliphatic heterocycles. The minimum Gasteiger partial charge on any atom is -0.272 e. The van der Waals surface area contributed by atoms with E-state index in [2.05, 4.69) is 41.4 Å². The van der Waals surface area contributed by atoms with Gasteiger partial charge in [0.15, 0.2) is 10.8 Å². The van der Waals surface area contributed by atoms with Crippen molar-refractivity contribution in [1.29, 1.82) is 0 Å². The lowest BCUT2D eigenvalue weighted by atomic mass is 10.2. The molecule has 0 radical (unpaired) electrons. The average Bonchev–Trinajstić information content (AvgIpc) is 3.19. The molecule has 118 valence electrons. The summed E-state index contributed by atoms with van der Waals surface area (Å²) in [6.45, 7) is 3.98. The zero-order valence-electron chi connectivity index (χ0n) is 12.9. The molecule has 4 rings (SSSR count). The van der Waals surface area contributed by atoms with E-state index in [9.17, 15) is 0 Å². The van der Waals surface area contributed by atoms with E-state index in [4.69, 9.17) is 0 Å². The molecule has 10 heteroatoms. The van der Waals surface area contributed by atoms with Crippen LogP contribution in [0.25, 0.3) is 27.1 Å². The Morgan fingerprint density at radius 3 is 2.48 bits per heavy atom. The third kappa shape index (κ3) is 2.05. The number of hydrogen-bond acceptors (Lipinski definition) is 6. The molecule has 0 bridgehead atoms. The highest BCUT2D eigenvalue weighted by Gasteiger charge is 2.22. The second-order valence-corrected chi connectivity index (χ2v) is 7.07. The molecule has 4 aromatic rings. The molecule has 0 amide bonds. The quantitative estimate of drug-likeness (QED) is 0.523. The fraction of sp³-hybridized carbons (Fsp3) is 0.308. The van der Waals surface area contributed by atoms with Gasteiger partial charge < -0.3 is 0 Å². The van der Waals surface area contributed by atoms with Gasteiger partial charge in [0.2, 0.25) is 4.96 Å². The first kappa shape index (κ1) is 14.5. The molecule has 0 spiro atoms. The Bertz CT molecular complexity index is 1020. The first-order chi connectivity index (χ1) is 11.0. The molecular weight excluding hydrogens is 380 g/mol. The fourth-order valence-corrected chi connectivity index (χ4v) is 4.21. The molecule has 0 N–H and O–H groups in total. The SMILES string of the molecule is Cc1nn(C)c(C)c1-c1nnc2sc(-c3c(Br)cnn3C)nn12. The molecule has 0 fully saturated rings. The summed E-state index contributed by atoms with van der Waals surface area (Å²) in [5.74, 6) is 0.712. The molecule has 0 aliphatic rings. The van der Waals surface area contributed by atoms with Crippen molar-refractivity contribution < 1.29 is 0 Å². The van der Waals surface area contributed by atoms with Crippen molar-refractivity contribution in [2.75, 3.05) is 0 Å². The van der Waals surface area contributed by atoms with E-state index < -0.39 is 0 Å². The Kier molecular flexibility index (Phi) is 3.13. The van der Waals surface area contributed by atoms with Crippen LogP contribution in [0.5, 0.6) is 0 Å². The van der Waals surface area contributed by atoms with Gasteiger partial charge in [-0.25, -0.2) is 0 Å². The normalized spacial score (nSPS) is 11.7. The molecule has 0 aromatic carbocycles. The third-order valence-corrected chi connectivity index (χ3v) is 5.31. The standard InChI is InChI=1S/C13H13BrN8S/c1-6-9(7(2)20(3)18-6)11-16-17-13-22(11)19-12(23-13)10-8(14)5-15-21(10)4/h5H,1-4H3. The van der Waals surface area contributed by atoms with Gasteiger partial charge in [-0.2, -0.15) is 19.8 Å². The molecule has 4 heterocycles. The van der Waals surface area contributed by atoms with Gasteiger partial charge >= 0.3 is 0 Å². The lowest BCUT2D eigenvalue weighted by Crippen LogP contribution is -1.97. The summed E-state index contributed by atoms with van der Waals surface area (Å²) >= 11 is 4.99. The maximum Gasteiger partial charge on any atom is 0.235 e. The van der Waals surface area contributed by atoms with Gasteiger partial charge in [0.05, 0.1) is 21.9 Å². The van der Waals surface area contributed by atoms with Crippen LogP contribution in [0.2, 0.25) is 0 Å². The highest BCUT2D eigenvalue weighted by Crippen LogP contribution is 2.33. The van der Waals surface area contributed by atoms with Crippen molar-refractivity contribution in [2.24, 2.45) is 14.1 Å². The highest BCUT2D eigenvalue weighted by atomic mass is 79.9. The predicted octanol–water partition coefficient (Wildman–Crippen LogP) is 2.37. The first-order valence-electron chi connectivity index (χ1n) is 6.88. The van der Waals surface area contributed by atoms with Gasteiger partial charge in [-0.15, -0.1) is 10.2 Å². The van der Waals surface area contributed by atoms with Crippen LogP contribution in [0.1, 0.15) is 11.4 Å². The van der Waals surface area contributed by atoms with E-state index in [0.29, 0.717) is 5.82 Å². The average molecular weight is 393 g/mol. The number of halogens is 1. The Hall–Kier alpha value is -2.07. The van der Waals surface area contributed by atoms with Crippen LogP contribution in [0.3, 0.4) is 0 Å². The number of fused-ring (bicyclic) bond motifs is 1. The van der Waals surface area contributed by atoms with Crippen molar-refractivity contribution in [1.82, 2.24) is 39.4 Å². The third-order valence-electron chi connectivity index (χ3n) is 3.82. The Morgan fingerprint density at radius 1 is 1.09 bits per heavy atom. The van der Waals surface area contributed by atoms with Crippen LogP contribution in [0.15, 0.2) is 10.7 Å². The molecule has 23 heavy (non-hydrogen) atoms. The van der Waals surface area contributed by atoms with Crippen molar-refractivity contribution in [3.05, 3.63) is 22.1 Å². The molecule has 0 saturated carbocycles. The maximum absolute atomic E-state index is 4.69. The second-order valence-electron chi connectivity index (χ2n) is 5.26. The zero-order chi connectivity index (χ0) is 16.3. The summed E-state index contributed by atoms with van der Waals surface area (Å²) in [4.78, 5) is 0.741. The van der Waals surface area contributed by atoms with Crippen molar-refractivity contribution in [3.63, 3.8) is 0 Å². The number of aryl methyl sites for hydroxylation is 3. The Labute approximate surface area is 143 Å². The zero-order valence-corrected chi connectivity index (χ0v) is 15.3. The Morgan fingerprint density at radius 2 is 1.87 bits per heavy atom. The second kappa shape index (κ2) is 4.96. The fourth-order valence-electron chi connectivity index (χ4n) is 2.62. The van der Waals surface area contributed by atoms with E-state index in [-0.39, 0.29) is 0 Å². The van der Waals surface area contributed by atoms with Gasteiger partial charge in [-0.3, -0.25) is 9.36 Å². The summed E-state index contributed by atoms with van der Waals surface area (Å²) < 4.78 is 6.31. The van der Waals surface area contributed by atoms with Crippen LogP contribution in [-0.2, 0) is 14.1 Å². The van der Waals surface area contributed by atoms with Gasteiger partial charge in [0.25, 0.3) is 0 Å². The molecule has 0 atom stereocenters. The summed E-state index contributed by atoms with van der Waals surface area (Å²) in [6.07, 6.45) is 1.76. The van der Waals surface area contributed by atoms with Gasteiger partial charge in [0.1, 0.15) is 5.69 Å². The molecule has 4 aromatic heterocycles. The van der Waals surface area contributed by atoms with Crippen LogP contribution >= 0.6 is 27.3 Å². The van der Waals surface area contributed by atoms with Crippen LogP contribution in [-0.4, -0.2) is 39.4 Å². The van der Waals surface area contributed by atoms with Crippen LogP contribution < -0.4 is 0 Å². The first-order valence-corrected chi connectivity index (χ1v) is 8.49. The summed E-state index contributed by atoms with van der Waals surface area (Å²) in [5, 5.41) is 22.8. The van der Waals surface area contributed by atoms with Crippen molar-refractivity contribution in [3.8, 4) is 22.1 Å². The minimum atomic E-state index is 0.712. The topological polar surface area (TPSA) is 78.7 Å². The minimum absolute atomic E-state index is 0.712. The lowest BCUT2D eigenvalue weighted by molar-refractivity contribution is 0.731. The number of hydrogen-bond donors (Lipinski definition) is 0. The molecule has 8 nitrogen and oxygen atoms in total. The lowest BCUT2D eigenvalue weighted by Gasteiger charge is -1.99. The van der Waals surface area contributed by atoms with E-state index in [0.717, 1.165) is 37.1 Å². The van der Waals surface area contributed by atoms with Crippen molar-refractivity contribution in [2.45, 2.75) is 13.8 Å². The van der Waals surface area contributed by atoms with E-state index in [1.54, 1.807) is 15.4 Å². The largest absolute Gasteiger partial charge is 0.272 e. The summed E-state index contributed by atoms with van der Waals surface area (Å²) in [6, 6.07) is 0. The van der Waals surface area contributed by atoms with Crippen LogP contribution in [0.4, 0.5) is 0 Å². The molecule has 0 aliphatic carbocycles. The Balaban J connectivity index is 1.94. The monoisotopic (exact) mass is 392 g/mol. The van der Waals surface area contributed by atoms with E-state index in [1.807, 2.05) is 32.6 Å². The number of nitrogens with zero attached hydrogens (tertiary/aromatic N) is 8. The summed E-state index contributed by atoms with van der Waals surface area (Å²) in [7, 11) is 3.81. The van der Waals surface area contributed by atoms with Crippen molar-refractivity contribution >= 4 is 32.2 Å². The summed E-state index contributed by atoms with van der Waals surface area (Å²) in [5.41, 5.74) is 3.84. The van der Waals surface area contributed by atoms with Gasteiger partial charge in [-0.05, 0) is 29.8 Å². The molecular formula is C13H13BrN8S. The van der Waals surface area contributed by atoms with Crippen LogP contribution in [0, 0.1) is 13.8 Å². The highest BCUT2D eigenvalue weighted by molar-refractivity contribution is 9.10. The van der Waals surface area contributed by atoms with Gasteiger partial charge in [-0.1, -0.05) is 11.3 Å². The maximum atomic E-state index is 4.69. The van der Waals surface area contributed by atoms with E-state index >= 15 is 0 Å². The van der Waals surface area contributed by atoms with Gasteiger partial charge in [0, 0.05) is 19.8 Å². The smallest absolute Gasteiger partial charge is 0.235 e. The number of aromatic nitrogens is 8. The van der Waals surface area contributed by atoms with E-state index in [1.165, 1.54) is 11.3 Å².